The van der Waals surface area contributed by atoms with E-state index in [1.165, 1.54) is 12.5 Å². The molecule has 35 heavy (non-hydrogen) atoms. The number of aromatic nitrogens is 2. The first-order valence-corrected chi connectivity index (χ1v) is 11.7. The molecule has 0 saturated heterocycles. The molecular formula is C20H34N8O6S. The van der Waals surface area contributed by atoms with Crippen LogP contribution in [-0.2, 0) is 30.4 Å². The fourth-order valence-corrected chi connectivity index (χ4v) is 3.28. The number of nitrogens with one attached hydrogen (secondary N) is 4. The molecule has 0 aliphatic rings. The Labute approximate surface area is 207 Å². The number of aromatic amines is 1. The summed E-state index contributed by atoms with van der Waals surface area (Å²) in [5.74, 6) is -4.07. The van der Waals surface area contributed by atoms with E-state index in [1.54, 1.807) is 0 Å². The first kappa shape index (κ1) is 29.9. The molecule has 14 nitrogen and oxygen atoms in total. The summed E-state index contributed by atoms with van der Waals surface area (Å²) in [7, 11) is 0. The summed E-state index contributed by atoms with van der Waals surface area (Å²) >= 11 is 4.08. The number of rotatable bonds is 17. The van der Waals surface area contributed by atoms with Crippen LogP contribution in [0.2, 0.25) is 0 Å². The van der Waals surface area contributed by atoms with Crippen LogP contribution in [0.3, 0.4) is 0 Å². The molecule has 4 unspecified atom stereocenters. The summed E-state index contributed by atoms with van der Waals surface area (Å²) < 4.78 is 0. The molecule has 0 aromatic carbocycles. The van der Waals surface area contributed by atoms with Crippen LogP contribution in [0, 0.1) is 0 Å². The minimum absolute atomic E-state index is 0.000888. The Morgan fingerprint density at radius 3 is 2.17 bits per heavy atom. The molecule has 0 radical (unpaired) electrons. The normalized spacial score (nSPS) is 14.3. The van der Waals surface area contributed by atoms with Crippen LogP contribution in [0.4, 0.5) is 0 Å². The van der Waals surface area contributed by atoms with Crippen molar-refractivity contribution < 1.29 is 29.1 Å². The molecule has 4 amide bonds. The quantitative estimate of drug-likeness (QED) is 0.0765. The van der Waals surface area contributed by atoms with Crippen LogP contribution in [-0.4, -0.2) is 81.1 Å². The fraction of sp³-hybridized carbons (Fsp3) is 0.600. The Balaban J connectivity index is 2.85. The predicted octanol–water partition coefficient (Wildman–Crippen LogP) is -2.86. The lowest BCUT2D eigenvalue weighted by Gasteiger charge is -2.24. The van der Waals surface area contributed by atoms with Gasteiger partial charge in [0.2, 0.25) is 23.6 Å². The maximum Gasteiger partial charge on any atom is 0.326 e. The molecule has 0 fully saturated rings. The van der Waals surface area contributed by atoms with E-state index in [-0.39, 0.29) is 31.4 Å². The highest BCUT2D eigenvalue weighted by atomic mass is 32.1. The van der Waals surface area contributed by atoms with Gasteiger partial charge in [-0.05, 0) is 32.2 Å². The zero-order valence-electron chi connectivity index (χ0n) is 19.2. The lowest BCUT2D eigenvalue weighted by atomic mass is 10.1. The second-order valence-electron chi connectivity index (χ2n) is 7.88. The van der Waals surface area contributed by atoms with E-state index in [0.29, 0.717) is 25.1 Å². The number of aliphatic carboxylic acids is 1. The van der Waals surface area contributed by atoms with Gasteiger partial charge >= 0.3 is 5.97 Å². The number of nitrogens with zero attached hydrogens (tertiary/aromatic N) is 1. The molecule has 15 heteroatoms. The standard InChI is InChI=1S/C20H34N8O6S/c21-6-2-1-3-13(18(31)27-14(20(33)34)7-11-8-24-10-25-11)26-19(32)15(9-35)28-17(30)12(22)4-5-16(23)29/h8,10,12-15,35H,1-7,9,21-22H2,(H2,23,29)(H,24,25)(H,26,32)(H,27,31)(H,28,30)(H,33,34). The highest BCUT2D eigenvalue weighted by Gasteiger charge is 2.30. The predicted molar refractivity (Wildman–Crippen MR) is 129 cm³/mol. The number of H-pyrrole nitrogens is 1. The van der Waals surface area contributed by atoms with Crippen molar-refractivity contribution in [3.63, 3.8) is 0 Å². The molecule has 0 spiro atoms. The van der Waals surface area contributed by atoms with Gasteiger partial charge < -0.3 is 43.2 Å². The van der Waals surface area contributed by atoms with E-state index in [1.807, 2.05) is 0 Å². The fourth-order valence-electron chi connectivity index (χ4n) is 3.02. The summed E-state index contributed by atoms with van der Waals surface area (Å²) in [6, 6.07) is -4.54. The summed E-state index contributed by atoms with van der Waals surface area (Å²) in [6.07, 6.45) is 3.95. The molecule has 0 aliphatic heterocycles. The third-order valence-corrected chi connectivity index (χ3v) is 5.39. The van der Waals surface area contributed by atoms with Gasteiger partial charge in [0, 0.05) is 30.5 Å². The zero-order chi connectivity index (χ0) is 26.4. The number of hydrogen-bond donors (Lipinski definition) is 9. The number of hydrogen-bond acceptors (Lipinski definition) is 9. The molecule has 0 bridgehead atoms. The summed E-state index contributed by atoms with van der Waals surface area (Å²) in [4.78, 5) is 67.1. The number of primary amides is 1. The minimum atomic E-state index is -1.26. The largest absolute Gasteiger partial charge is 0.480 e. The van der Waals surface area contributed by atoms with Crippen molar-refractivity contribution >= 4 is 42.2 Å². The number of carbonyl (C=O) groups is 5. The Morgan fingerprint density at radius 2 is 1.63 bits per heavy atom. The number of carboxylic acids is 1. The molecule has 1 heterocycles. The third kappa shape index (κ3) is 11.2. The van der Waals surface area contributed by atoms with Gasteiger partial charge in [0.05, 0.1) is 12.4 Å². The monoisotopic (exact) mass is 514 g/mol. The lowest BCUT2D eigenvalue weighted by molar-refractivity contribution is -0.142. The molecule has 196 valence electrons. The molecule has 1 rings (SSSR count). The van der Waals surface area contributed by atoms with Gasteiger partial charge in [-0.3, -0.25) is 19.2 Å². The molecule has 11 N–H and O–H groups in total. The van der Waals surface area contributed by atoms with E-state index < -0.39 is 53.8 Å². The van der Waals surface area contributed by atoms with Gasteiger partial charge in [-0.25, -0.2) is 9.78 Å². The number of carbonyl (C=O) groups excluding carboxylic acids is 4. The SMILES string of the molecule is NCCCCC(NC(=O)C(CS)NC(=O)C(N)CCC(N)=O)C(=O)NC(Cc1cnc[nH]1)C(=O)O. The van der Waals surface area contributed by atoms with Crippen LogP contribution >= 0.6 is 12.6 Å². The Morgan fingerprint density at radius 1 is 1.00 bits per heavy atom. The van der Waals surface area contributed by atoms with Gasteiger partial charge in [-0.15, -0.1) is 0 Å². The van der Waals surface area contributed by atoms with E-state index in [9.17, 15) is 29.1 Å². The summed E-state index contributed by atoms with van der Waals surface area (Å²) in [6.45, 7) is 0.373. The lowest BCUT2D eigenvalue weighted by Crippen LogP contribution is -2.57. The highest BCUT2D eigenvalue weighted by molar-refractivity contribution is 7.80. The summed E-state index contributed by atoms with van der Waals surface area (Å²) in [5.41, 5.74) is 16.8. The van der Waals surface area contributed by atoms with Crippen molar-refractivity contribution in [3.05, 3.63) is 18.2 Å². The van der Waals surface area contributed by atoms with Crippen molar-refractivity contribution in [2.45, 2.75) is 62.7 Å². The number of nitrogens with two attached hydrogens (primary N) is 3. The van der Waals surface area contributed by atoms with Gasteiger partial charge in [-0.2, -0.15) is 12.6 Å². The van der Waals surface area contributed by atoms with Gasteiger partial charge in [0.15, 0.2) is 0 Å². The number of carboxylic acid groups (broad SMARTS) is 1. The summed E-state index contributed by atoms with van der Waals surface area (Å²) in [5, 5.41) is 16.9. The van der Waals surface area contributed by atoms with Crippen LogP contribution < -0.4 is 33.2 Å². The smallest absolute Gasteiger partial charge is 0.326 e. The second kappa shape index (κ2) is 15.7. The number of unbranched alkanes of at least 4 members (excludes halogenated alkanes) is 1. The van der Waals surface area contributed by atoms with Crippen molar-refractivity contribution in [2.75, 3.05) is 12.3 Å². The maximum absolute atomic E-state index is 12.9. The van der Waals surface area contributed by atoms with Crippen molar-refractivity contribution in [1.82, 2.24) is 25.9 Å². The average molecular weight is 515 g/mol. The zero-order valence-corrected chi connectivity index (χ0v) is 20.1. The van der Waals surface area contributed by atoms with Crippen molar-refractivity contribution in [3.8, 4) is 0 Å². The van der Waals surface area contributed by atoms with Gasteiger partial charge in [0.1, 0.15) is 18.1 Å². The van der Waals surface area contributed by atoms with Gasteiger partial charge in [-0.1, -0.05) is 0 Å². The van der Waals surface area contributed by atoms with E-state index in [2.05, 4.69) is 38.5 Å². The molecule has 0 saturated carbocycles. The maximum atomic E-state index is 12.9. The van der Waals surface area contributed by atoms with Gasteiger partial charge in [0.25, 0.3) is 0 Å². The average Bonchev–Trinajstić information content (AvgIpc) is 3.32. The Hall–Kier alpha value is -3.17. The van der Waals surface area contributed by atoms with Crippen LogP contribution in [0.1, 0.15) is 37.8 Å². The number of thiol groups is 1. The van der Waals surface area contributed by atoms with Crippen LogP contribution in [0.25, 0.3) is 0 Å². The molecule has 4 atom stereocenters. The first-order chi connectivity index (χ1) is 16.6. The Bertz CT molecular complexity index is 853. The molecule has 0 aliphatic carbocycles. The van der Waals surface area contributed by atoms with Crippen LogP contribution in [0.5, 0.6) is 0 Å². The van der Waals surface area contributed by atoms with Crippen LogP contribution in [0.15, 0.2) is 12.5 Å². The van der Waals surface area contributed by atoms with E-state index in [0.717, 1.165) is 0 Å². The van der Waals surface area contributed by atoms with Crippen molar-refractivity contribution in [1.29, 1.82) is 0 Å². The molecule has 1 aromatic heterocycles. The van der Waals surface area contributed by atoms with E-state index >= 15 is 0 Å². The third-order valence-electron chi connectivity index (χ3n) is 5.03. The Kier molecular flexibility index (Phi) is 13.4. The first-order valence-electron chi connectivity index (χ1n) is 11.0. The molecule has 1 aromatic rings. The molecular weight excluding hydrogens is 480 g/mol. The second-order valence-corrected chi connectivity index (χ2v) is 8.25. The number of amides is 4. The van der Waals surface area contributed by atoms with E-state index in [4.69, 9.17) is 17.2 Å². The topological polar surface area (TPSA) is 248 Å². The highest BCUT2D eigenvalue weighted by Crippen LogP contribution is 2.05. The van der Waals surface area contributed by atoms with Crippen molar-refractivity contribution in [2.24, 2.45) is 17.2 Å². The minimum Gasteiger partial charge on any atom is -0.480 e. The number of imidazole rings is 1.